The van der Waals surface area contributed by atoms with Crippen molar-refractivity contribution in [3.8, 4) is 0 Å². The predicted octanol–water partition coefficient (Wildman–Crippen LogP) is 1.14. The molecule has 1 saturated heterocycles. The van der Waals surface area contributed by atoms with Crippen molar-refractivity contribution in [2.45, 2.75) is 45.6 Å². The second-order valence-electron chi connectivity index (χ2n) is 7.33. The minimum absolute atomic E-state index is 0.0239. The Hall–Kier alpha value is -1.63. The Morgan fingerprint density at radius 3 is 2.59 bits per heavy atom. The van der Waals surface area contributed by atoms with Crippen LogP contribution in [-0.4, -0.2) is 54.0 Å². The van der Waals surface area contributed by atoms with E-state index in [0.717, 1.165) is 16.4 Å². The van der Waals surface area contributed by atoms with Crippen LogP contribution in [0.5, 0.6) is 0 Å². The lowest BCUT2D eigenvalue weighted by Crippen LogP contribution is -2.54. The number of carbonyl (C=O) groups is 3. The molecule has 1 aliphatic carbocycles. The lowest BCUT2D eigenvalue weighted by Gasteiger charge is -2.43. The van der Waals surface area contributed by atoms with E-state index in [1.54, 1.807) is 0 Å². The van der Waals surface area contributed by atoms with E-state index < -0.39 is 17.5 Å². The van der Waals surface area contributed by atoms with Crippen LogP contribution in [0.1, 0.15) is 40.0 Å². The molecule has 0 radical (unpaired) electrons. The van der Waals surface area contributed by atoms with E-state index >= 15 is 0 Å². The highest BCUT2D eigenvalue weighted by Crippen LogP contribution is 2.46. The van der Waals surface area contributed by atoms with Crippen LogP contribution >= 0.6 is 0 Å². The van der Waals surface area contributed by atoms with Crippen molar-refractivity contribution in [1.29, 1.82) is 0 Å². The van der Waals surface area contributed by atoms with Gasteiger partial charge in [-0.05, 0) is 30.6 Å². The van der Waals surface area contributed by atoms with Gasteiger partial charge in [-0.15, -0.1) is 0 Å². The summed E-state index contributed by atoms with van der Waals surface area (Å²) in [7, 11) is 2.80. The molecule has 1 spiro atoms. The highest BCUT2D eigenvalue weighted by atomic mass is 16.7. The first kappa shape index (κ1) is 16.7. The molecule has 0 aromatic carbocycles. The van der Waals surface area contributed by atoms with Crippen LogP contribution in [0, 0.1) is 11.3 Å². The quantitative estimate of drug-likeness (QED) is 0.626. The smallest absolute Gasteiger partial charge is 0.323 e. The largest absolute Gasteiger partial charge is 0.325 e. The van der Waals surface area contributed by atoms with Crippen molar-refractivity contribution in [2.24, 2.45) is 11.3 Å². The van der Waals surface area contributed by atoms with E-state index in [0.29, 0.717) is 18.8 Å². The van der Waals surface area contributed by atoms with Crippen molar-refractivity contribution in [1.82, 2.24) is 15.3 Å². The highest BCUT2D eigenvalue weighted by molar-refractivity contribution is 6.09. The summed E-state index contributed by atoms with van der Waals surface area (Å²) in [6.45, 7) is 6.01. The number of nitrogens with zero attached hydrogens (tertiary/aromatic N) is 2. The summed E-state index contributed by atoms with van der Waals surface area (Å²) >= 11 is 0. The van der Waals surface area contributed by atoms with Gasteiger partial charge in [0.05, 0.1) is 7.11 Å². The molecule has 0 bridgehead atoms. The summed E-state index contributed by atoms with van der Waals surface area (Å²) in [4.78, 5) is 42.7. The number of hydroxylamine groups is 2. The summed E-state index contributed by atoms with van der Waals surface area (Å²) in [5, 5.41) is 3.86. The molecule has 7 nitrogen and oxygen atoms in total. The minimum Gasteiger partial charge on any atom is -0.323 e. The van der Waals surface area contributed by atoms with Crippen molar-refractivity contribution >= 4 is 17.8 Å². The average Bonchev–Trinajstić information content (AvgIpc) is 2.59. The Morgan fingerprint density at radius 1 is 1.41 bits per heavy atom. The zero-order chi connectivity index (χ0) is 16.7. The highest BCUT2D eigenvalue weighted by Gasteiger charge is 2.56. The van der Waals surface area contributed by atoms with Crippen molar-refractivity contribution < 1.29 is 19.2 Å². The Bertz CT molecular complexity index is 505. The standard InChI is InChI=1S/C15H25N3O4/c1-10-6-14(2,3)9-15(7-10)12(20)18(13(21)16-15)8-11(19)17(4)22-5/h10H,6-9H2,1-5H3,(H,16,21)/t10-,15+/m1/s1. The molecule has 0 unspecified atom stereocenters. The first-order valence-electron chi connectivity index (χ1n) is 7.55. The van der Waals surface area contributed by atoms with E-state index in [2.05, 4.69) is 26.1 Å². The number of hydrogen-bond donors (Lipinski definition) is 1. The number of likely N-dealkylation sites (N-methyl/N-ethyl adjacent to an activating group) is 1. The average molecular weight is 311 g/mol. The normalized spacial score (nSPS) is 30.6. The Balaban J connectivity index is 2.19. The van der Waals surface area contributed by atoms with E-state index in [4.69, 9.17) is 4.84 Å². The summed E-state index contributed by atoms with van der Waals surface area (Å²) < 4.78 is 0. The van der Waals surface area contributed by atoms with Gasteiger partial charge < -0.3 is 5.32 Å². The Morgan fingerprint density at radius 2 is 2.05 bits per heavy atom. The van der Waals surface area contributed by atoms with Gasteiger partial charge >= 0.3 is 6.03 Å². The van der Waals surface area contributed by atoms with E-state index in [1.807, 2.05) is 0 Å². The molecule has 2 aliphatic rings. The molecular weight excluding hydrogens is 286 g/mol. The molecule has 22 heavy (non-hydrogen) atoms. The second-order valence-corrected chi connectivity index (χ2v) is 7.33. The summed E-state index contributed by atoms with van der Waals surface area (Å²) in [6.07, 6.45) is 2.23. The minimum atomic E-state index is -0.871. The molecule has 1 N–H and O–H groups in total. The zero-order valence-electron chi connectivity index (χ0n) is 13.9. The molecule has 7 heteroatoms. The van der Waals surface area contributed by atoms with Gasteiger partial charge in [-0.3, -0.25) is 19.3 Å². The zero-order valence-corrected chi connectivity index (χ0v) is 13.9. The number of nitrogens with one attached hydrogen (secondary N) is 1. The lowest BCUT2D eigenvalue weighted by atomic mass is 9.64. The molecule has 0 aromatic rings. The van der Waals surface area contributed by atoms with Gasteiger partial charge in [-0.2, -0.15) is 0 Å². The Kier molecular flexibility index (Phi) is 4.21. The molecule has 1 heterocycles. The number of carbonyl (C=O) groups excluding carboxylic acids is 3. The van der Waals surface area contributed by atoms with E-state index in [-0.39, 0.29) is 17.9 Å². The maximum Gasteiger partial charge on any atom is 0.325 e. The van der Waals surface area contributed by atoms with Crippen molar-refractivity contribution in [3.63, 3.8) is 0 Å². The van der Waals surface area contributed by atoms with Crippen LogP contribution in [-0.2, 0) is 14.4 Å². The van der Waals surface area contributed by atoms with Crippen molar-refractivity contribution in [2.75, 3.05) is 20.7 Å². The third-order valence-corrected chi connectivity index (χ3v) is 4.54. The van der Waals surface area contributed by atoms with Crippen LogP contribution in [0.4, 0.5) is 4.79 Å². The van der Waals surface area contributed by atoms with E-state index in [9.17, 15) is 14.4 Å². The molecule has 1 aliphatic heterocycles. The number of hydrogen-bond acceptors (Lipinski definition) is 4. The van der Waals surface area contributed by atoms with Gasteiger partial charge in [-0.25, -0.2) is 9.86 Å². The molecule has 124 valence electrons. The van der Waals surface area contributed by atoms with Crippen LogP contribution in [0.25, 0.3) is 0 Å². The first-order valence-corrected chi connectivity index (χ1v) is 7.55. The third kappa shape index (κ3) is 2.95. The fraction of sp³-hybridized carbons (Fsp3) is 0.800. The second kappa shape index (κ2) is 5.53. The fourth-order valence-electron chi connectivity index (χ4n) is 3.99. The van der Waals surface area contributed by atoms with Crippen LogP contribution in [0.3, 0.4) is 0 Å². The molecular formula is C15H25N3O4. The van der Waals surface area contributed by atoms with Crippen LogP contribution < -0.4 is 5.32 Å². The summed E-state index contributed by atoms with van der Waals surface area (Å²) in [5.41, 5.74) is -0.895. The lowest BCUT2D eigenvalue weighted by molar-refractivity contribution is -0.170. The molecule has 0 aromatic heterocycles. The first-order chi connectivity index (χ1) is 10.1. The number of rotatable bonds is 3. The van der Waals surface area contributed by atoms with Crippen LogP contribution in [0.2, 0.25) is 0 Å². The van der Waals surface area contributed by atoms with Gasteiger partial charge in [-0.1, -0.05) is 20.8 Å². The van der Waals surface area contributed by atoms with Gasteiger partial charge in [0.2, 0.25) is 0 Å². The third-order valence-electron chi connectivity index (χ3n) is 4.54. The number of urea groups is 1. The van der Waals surface area contributed by atoms with Gasteiger partial charge in [0.1, 0.15) is 12.1 Å². The predicted molar refractivity (Wildman–Crippen MR) is 79.6 cm³/mol. The summed E-state index contributed by atoms with van der Waals surface area (Å²) in [5.74, 6) is -0.397. The molecule has 4 amide bonds. The molecule has 2 rings (SSSR count). The molecule has 2 atom stereocenters. The van der Waals surface area contributed by atoms with Gasteiger partial charge in [0.25, 0.3) is 11.8 Å². The maximum absolute atomic E-state index is 12.8. The topological polar surface area (TPSA) is 79.0 Å². The number of amides is 4. The van der Waals surface area contributed by atoms with Gasteiger partial charge in [0.15, 0.2) is 0 Å². The van der Waals surface area contributed by atoms with E-state index in [1.165, 1.54) is 14.2 Å². The molecule has 2 fully saturated rings. The molecule has 1 saturated carbocycles. The fourth-order valence-corrected chi connectivity index (χ4v) is 3.99. The van der Waals surface area contributed by atoms with Crippen molar-refractivity contribution in [3.05, 3.63) is 0 Å². The SMILES string of the molecule is CON(C)C(=O)CN1C(=O)N[C@]2(C[C@H](C)CC(C)(C)C2)C1=O. The monoisotopic (exact) mass is 311 g/mol. The Labute approximate surface area is 130 Å². The number of imide groups is 1. The van der Waals surface area contributed by atoms with Gasteiger partial charge in [0, 0.05) is 7.05 Å². The van der Waals surface area contributed by atoms with Crippen LogP contribution in [0.15, 0.2) is 0 Å². The maximum atomic E-state index is 12.8. The summed E-state index contributed by atoms with van der Waals surface area (Å²) in [6, 6.07) is -0.493.